The van der Waals surface area contributed by atoms with E-state index in [0.29, 0.717) is 0 Å². The number of hydrogen-bond acceptors (Lipinski definition) is 4. The summed E-state index contributed by atoms with van der Waals surface area (Å²) in [5, 5.41) is 0. The maximum atomic E-state index is 5.40. The summed E-state index contributed by atoms with van der Waals surface area (Å²) in [4.78, 5) is 7.32. The van der Waals surface area contributed by atoms with E-state index < -0.39 is 0 Å². The standard InChI is InChI=1S/C15H17NOS2/c1-17-10-12-4-5-13-15(19-8-7-18-13)14(12)11-3-2-6-16-9-11/h2-3,6,9H,4-5,7-8,10H2,1H3. The van der Waals surface area contributed by atoms with Gasteiger partial charge in [-0.15, -0.1) is 23.5 Å². The van der Waals surface area contributed by atoms with Gasteiger partial charge < -0.3 is 4.74 Å². The van der Waals surface area contributed by atoms with E-state index in [9.17, 15) is 0 Å². The van der Waals surface area contributed by atoms with E-state index in [0.717, 1.165) is 13.0 Å². The summed E-state index contributed by atoms with van der Waals surface area (Å²) in [6, 6.07) is 4.18. The van der Waals surface area contributed by atoms with Gasteiger partial charge in [-0.3, -0.25) is 4.98 Å². The van der Waals surface area contributed by atoms with E-state index in [1.54, 1.807) is 12.0 Å². The van der Waals surface area contributed by atoms with Crippen LogP contribution in [0.3, 0.4) is 0 Å². The number of methoxy groups -OCH3 is 1. The van der Waals surface area contributed by atoms with Gasteiger partial charge in [-0.1, -0.05) is 6.07 Å². The average molecular weight is 291 g/mol. The zero-order valence-electron chi connectivity index (χ0n) is 11.0. The third-order valence-corrected chi connectivity index (χ3v) is 6.06. The maximum Gasteiger partial charge on any atom is 0.0682 e. The molecule has 1 aromatic rings. The van der Waals surface area contributed by atoms with Gasteiger partial charge in [-0.25, -0.2) is 0 Å². The molecule has 1 aliphatic carbocycles. The Balaban J connectivity index is 2.08. The molecule has 0 spiro atoms. The van der Waals surface area contributed by atoms with Gasteiger partial charge in [0.1, 0.15) is 0 Å². The largest absolute Gasteiger partial charge is 0.380 e. The summed E-state index contributed by atoms with van der Waals surface area (Å²) in [5.74, 6) is 2.44. The molecule has 2 nitrogen and oxygen atoms in total. The Kier molecular flexibility index (Phi) is 4.31. The van der Waals surface area contributed by atoms with Gasteiger partial charge in [0.25, 0.3) is 0 Å². The van der Waals surface area contributed by atoms with Crippen molar-refractivity contribution < 1.29 is 4.74 Å². The van der Waals surface area contributed by atoms with Gasteiger partial charge >= 0.3 is 0 Å². The third kappa shape index (κ3) is 2.76. The van der Waals surface area contributed by atoms with Crippen molar-refractivity contribution in [1.82, 2.24) is 4.98 Å². The lowest BCUT2D eigenvalue weighted by atomic mass is 9.93. The molecule has 0 amide bonds. The summed E-state index contributed by atoms with van der Waals surface area (Å²) < 4.78 is 5.40. The fourth-order valence-corrected chi connectivity index (χ4v) is 5.19. The number of hydrogen-bond donors (Lipinski definition) is 0. The van der Waals surface area contributed by atoms with Crippen LogP contribution in [-0.4, -0.2) is 30.2 Å². The van der Waals surface area contributed by atoms with E-state index in [4.69, 9.17) is 4.74 Å². The van der Waals surface area contributed by atoms with Crippen molar-refractivity contribution in [3.8, 4) is 0 Å². The molecule has 3 rings (SSSR count). The Morgan fingerprint density at radius 1 is 1.26 bits per heavy atom. The number of allylic oxidation sites excluding steroid dienone is 2. The summed E-state index contributed by atoms with van der Waals surface area (Å²) in [7, 11) is 1.78. The Labute approximate surface area is 122 Å². The summed E-state index contributed by atoms with van der Waals surface area (Å²) in [6.45, 7) is 0.728. The van der Waals surface area contributed by atoms with Crippen molar-refractivity contribution in [2.75, 3.05) is 25.2 Å². The molecule has 1 aliphatic heterocycles. The van der Waals surface area contributed by atoms with Crippen molar-refractivity contribution in [2.24, 2.45) is 0 Å². The number of aromatic nitrogens is 1. The van der Waals surface area contributed by atoms with Gasteiger partial charge in [-0.2, -0.15) is 0 Å². The third-order valence-electron chi connectivity index (χ3n) is 3.36. The molecule has 4 heteroatoms. The fraction of sp³-hybridized carbons (Fsp3) is 0.400. The van der Waals surface area contributed by atoms with Crippen LogP contribution in [0.15, 0.2) is 39.9 Å². The van der Waals surface area contributed by atoms with Crippen LogP contribution in [0.4, 0.5) is 0 Å². The van der Waals surface area contributed by atoms with Crippen molar-refractivity contribution in [2.45, 2.75) is 12.8 Å². The normalized spacial score (nSPS) is 19.6. The predicted octanol–water partition coefficient (Wildman–Crippen LogP) is 3.97. The SMILES string of the molecule is COCC1=C(c2cccnc2)C2=C(CC1)SCCS2. The average Bonchev–Trinajstić information content (AvgIpc) is 2.48. The van der Waals surface area contributed by atoms with E-state index in [1.165, 1.54) is 39.5 Å². The van der Waals surface area contributed by atoms with E-state index in [1.807, 2.05) is 42.0 Å². The fourth-order valence-electron chi connectivity index (χ4n) is 2.57. The number of rotatable bonds is 3. The second kappa shape index (κ2) is 6.16. The highest BCUT2D eigenvalue weighted by Gasteiger charge is 2.25. The molecule has 100 valence electrons. The highest BCUT2D eigenvalue weighted by molar-refractivity contribution is 8.10. The van der Waals surface area contributed by atoms with Crippen LogP contribution in [0.2, 0.25) is 0 Å². The molecular formula is C15H17NOS2. The second-order valence-corrected chi connectivity index (χ2v) is 6.90. The molecule has 0 saturated heterocycles. The van der Waals surface area contributed by atoms with Crippen LogP contribution in [0.5, 0.6) is 0 Å². The second-order valence-electron chi connectivity index (χ2n) is 4.60. The summed E-state index contributed by atoms with van der Waals surface area (Å²) in [5.41, 5.74) is 4.04. The molecule has 0 fully saturated rings. The van der Waals surface area contributed by atoms with Crippen LogP contribution in [0.1, 0.15) is 18.4 Å². The molecule has 0 bridgehead atoms. The van der Waals surface area contributed by atoms with Gasteiger partial charge in [0.2, 0.25) is 0 Å². The predicted molar refractivity (Wildman–Crippen MR) is 84.2 cm³/mol. The first-order chi connectivity index (χ1) is 9.40. The number of nitrogens with zero attached hydrogens (tertiary/aromatic N) is 1. The highest BCUT2D eigenvalue weighted by atomic mass is 32.2. The quantitative estimate of drug-likeness (QED) is 0.840. The van der Waals surface area contributed by atoms with E-state index in [2.05, 4.69) is 11.1 Å². The van der Waals surface area contributed by atoms with Crippen molar-refractivity contribution in [3.05, 3.63) is 45.5 Å². The number of ether oxygens (including phenoxy) is 1. The van der Waals surface area contributed by atoms with Crippen LogP contribution in [-0.2, 0) is 4.74 Å². The van der Waals surface area contributed by atoms with Crippen molar-refractivity contribution in [1.29, 1.82) is 0 Å². The van der Waals surface area contributed by atoms with Crippen LogP contribution in [0.25, 0.3) is 5.57 Å². The van der Waals surface area contributed by atoms with Crippen LogP contribution < -0.4 is 0 Å². The zero-order valence-corrected chi connectivity index (χ0v) is 12.6. The van der Waals surface area contributed by atoms with E-state index >= 15 is 0 Å². The monoisotopic (exact) mass is 291 g/mol. The lowest BCUT2D eigenvalue weighted by Crippen LogP contribution is -2.10. The minimum atomic E-state index is 0.728. The van der Waals surface area contributed by atoms with Gasteiger partial charge in [0.15, 0.2) is 0 Å². The minimum absolute atomic E-state index is 0.728. The van der Waals surface area contributed by atoms with Crippen LogP contribution >= 0.6 is 23.5 Å². The first kappa shape index (κ1) is 13.3. The van der Waals surface area contributed by atoms with Crippen molar-refractivity contribution in [3.63, 3.8) is 0 Å². The number of thioether (sulfide) groups is 2. The Morgan fingerprint density at radius 3 is 2.95 bits per heavy atom. The molecule has 0 atom stereocenters. The van der Waals surface area contributed by atoms with Crippen LogP contribution in [0, 0.1) is 0 Å². The lowest BCUT2D eigenvalue weighted by molar-refractivity contribution is 0.223. The summed E-state index contributed by atoms with van der Waals surface area (Å²) >= 11 is 4.03. The molecule has 19 heavy (non-hydrogen) atoms. The highest BCUT2D eigenvalue weighted by Crippen LogP contribution is 2.48. The Hall–Kier alpha value is -0.710. The first-order valence-electron chi connectivity index (χ1n) is 6.50. The molecule has 0 N–H and O–H groups in total. The molecule has 0 radical (unpaired) electrons. The molecule has 2 aliphatic rings. The molecule has 0 saturated carbocycles. The maximum absolute atomic E-state index is 5.40. The van der Waals surface area contributed by atoms with Gasteiger partial charge in [0, 0.05) is 41.5 Å². The molecule has 0 aromatic carbocycles. The molecule has 0 unspecified atom stereocenters. The topological polar surface area (TPSA) is 22.1 Å². The molecular weight excluding hydrogens is 274 g/mol. The lowest BCUT2D eigenvalue weighted by Gasteiger charge is -2.28. The van der Waals surface area contributed by atoms with Crippen molar-refractivity contribution >= 4 is 29.1 Å². The van der Waals surface area contributed by atoms with E-state index in [-0.39, 0.29) is 0 Å². The Bertz CT molecular complexity index is 522. The number of pyridine rings is 1. The summed E-state index contributed by atoms with van der Waals surface area (Å²) in [6.07, 6.45) is 6.10. The smallest absolute Gasteiger partial charge is 0.0682 e. The first-order valence-corrected chi connectivity index (χ1v) is 8.47. The molecule has 1 aromatic heterocycles. The van der Waals surface area contributed by atoms with Gasteiger partial charge in [-0.05, 0) is 35.0 Å². The van der Waals surface area contributed by atoms with Gasteiger partial charge in [0.05, 0.1) is 6.61 Å². The zero-order chi connectivity index (χ0) is 13.1. The molecule has 2 heterocycles. The minimum Gasteiger partial charge on any atom is -0.380 e. The Morgan fingerprint density at radius 2 is 2.16 bits per heavy atom.